The van der Waals surface area contributed by atoms with E-state index in [1.807, 2.05) is 47.1 Å². The Kier molecular flexibility index (Phi) is 7.82. The zero-order valence-corrected chi connectivity index (χ0v) is 23.9. The molecular formula is C30H31N3O5S2. The van der Waals surface area contributed by atoms with Gasteiger partial charge in [0, 0.05) is 22.9 Å². The quantitative estimate of drug-likeness (QED) is 0.225. The van der Waals surface area contributed by atoms with E-state index in [9.17, 15) is 14.1 Å². The maximum atomic E-state index is 12.1. The van der Waals surface area contributed by atoms with Crippen molar-refractivity contribution in [1.29, 1.82) is 0 Å². The molecule has 2 saturated carbocycles. The molecule has 2 aliphatic rings. The van der Waals surface area contributed by atoms with Gasteiger partial charge in [0.25, 0.3) is 0 Å². The molecule has 2 fully saturated rings. The number of ether oxygens (including phenoxy) is 1. The topological polar surface area (TPSA) is 104 Å². The van der Waals surface area contributed by atoms with E-state index >= 15 is 0 Å². The molecule has 0 saturated heterocycles. The maximum Gasteiger partial charge on any atom is 0.355 e. The van der Waals surface area contributed by atoms with Crippen LogP contribution < -0.4 is 4.74 Å². The minimum Gasteiger partial charge on any atom is -0.490 e. The predicted molar refractivity (Wildman–Crippen MR) is 154 cm³/mol. The van der Waals surface area contributed by atoms with Crippen LogP contribution >= 0.6 is 11.3 Å². The number of thiazole rings is 1. The van der Waals surface area contributed by atoms with Crippen LogP contribution in [0.1, 0.15) is 65.8 Å². The number of nitrogens with zero attached hydrogens (tertiary/aromatic N) is 3. The summed E-state index contributed by atoms with van der Waals surface area (Å²) >= 11 is -0.211. The second-order valence-electron chi connectivity index (χ2n) is 10.4. The lowest BCUT2D eigenvalue weighted by molar-refractivity contribution is 0.0691. The molecule has 0 bridgehead atoms. The molecule has 0 amide bonds. The summed E-state index contributed by atoms with van der Waals surface area (Å²) in [5.41, 5.74) is 4.99. The third-order valence-corrected chi connectivity index (χ3v) is 9.30. The van der Waals surface area contributed by atoms with E-state index in [-0.39, 0.29) is 11.8 Å². The number of benzene rings is 2. The highest BCUT2D eigenvalue weighted by molar-refractivity contribution is 7.80. The first kappa shape index (κ1) is 26.9. The smallest absolute Gasteiger partial charge is 0.355 e. The molecule has 1 atom stereocenters. The Hall–Kier alpha value is -3.34. The molecule has 6 rings (SSSR count). The van der Waals surface area contributed by atoms with Crippen molar-refractivity contribution in [3.63, 3.8) is 0 Å². The van der Waals surface area contributed by atoms with Crippen LogP contribution in [0.25, 0.3) is 16.4 Å². The monoisotopic (exact) mass is 577 g/mol. The molecule has 2 aromatic heterocycles. The first-order valence-electron chi connectivity index (χ1n) is 13.6. The average Bonchev–Trinajstić information content (AvgIpc) is 3.30. The second-order valence-corrected chi connectivity index (χ2v) is 12.5. The van der Waals surface area contributed by atoms with Gasteiger partial charge in [0.2, 0.25) is 5.13 Å². The molecular weight excluding hydrogens is 546 g/mol. The number of hydrogen-bond acceptors (Lipinski definition) is 7. The van der Waals surface area contributed by atoms with Gasteiger partial charge in [-0.3, -0.25) is 4.18 Å². The van der Waals surface area contributed by atoms with E-state index < -0.39 is 17.0 Å². The molecule has 1 unspecified atom stereocenters. The Morgan fingerprint density at radius 2 is 1.90 bits per heavy atom. The van der Waals surface area contributed by atoms with Gasteiger partial charge >= 0.3 is 5.97 Å². The number of carboxylic acid groups (broad SMARTS) is 1. The highest BCUT2D eigenvalue weighted by Crippen LogP contribution is 2.39. The molecule has 208 valence electrons. The van der Waals surface area contributed by atoms with Crippen LogP contribution in [0.3, 0.4) is 0 Å². The summed E-state index contributed by atoms with van der Waals surface area (Å²) in [6.45, 7) is 0. The second kappa shape index (κ2) is 11.6. The summed E-state index contributed by atoms with van der Waals surface area (Å²) in [6, 6.07) is 15.7. The summed E-state index contributed by atoms with van der Waals surface area (Å²) in [5, 5.41) is 16.7. The van der Waals surface area contributed by atoms with Crippen LogP contribution in [0.4, 0.5) is 0 Å². The highest BCUT2D eigenvalue weighted by atomic mass is 32.2. The lowest BCUT2D eigenvalue weighted by atomic mass is 9.97. The summed E-state index contributed by atoms with van der Waals surface area (Å²) in [4.78, 5) is 16.6. The largest absolute Gasteiger partial charge is 0.490 e. The van der Waals surface area contributed by atoms with Gasteiger partial charge in [-0.05, 0) is 80.7 Å². The first-order valence-corrected chi connectivity index (χ1v) is 15.6. The van der Waals surface area contributed by atoms with Gasteiger partial charge in [0.05, 0.1) is 29.5 Å². The third kappa shape index (κ3) is 5.89. The average molecular weight is 578 g/mol. The Morgan fingerprint density at radius 3 is 2.58 bits per heavy atom. The van der Waals surface area contributed by atoms with Crippen molar-refractivity contribution in [3.8, 4) is 22.1 Å². The van der Waals surface area contributed by atoms with Gasteiger partial charge in [-0.1, -0.05) is 24.3 Å². The van der Waals surface area contributed by atoms with Crippen LogP contribution in [-0.4, -0.2) is 43.3 Å². The highest BCUT2D eigenvalue weighted by Gasteiger charge is 2.29. The Bertz CT molecular complexity index is 1540. The normalized spacial score (nSPS) is 16.3. The van der Waals surface area contributed by atoms with E-state index in [1.54, 1.807) is 5.38 Å². The standard InChI is InChI=1S/C30H31N3O5S2/c1-37-40(36)24-13-11-19(12-14-24)15-25-27(16-20-9-10-20)33(30-31-26(18-39-30)29(34)35)32-28(25)21-5-4-8-23(17-21)38-22-6-2-3-7-22/h4-5,8,11-14,17-18,20,22H,2-3,6-7,9-10,15-16H2,1H3,(H,34,35). The van der Waals surface area contributed by atoms with Crippen molar-refractivity contribution in [3.05, 3.63) is 76.4 Å². The van der Waals surface area contributed by atoms with E-state index in [0.717, 1.165) is 53.1 Å². The third-order valence-electron chi connectivity index (χ3n) is 7.52. The van der Waals surface area contributed by atoms with E-state index in [2.05, 4.69) is 11.1 Å². The number of carboxylic acids is 1. The van der Waals surface area contributed by atoms with Crippen LogP contribution in [-0.2, 0) is 28.1 Å². The lowest BCUT2D eigenvalue weighted by Crippen LogP contribution is -2.10. The first-order chi connectivity index (χ1) is 19.5. The van der Waals surface area contributed by atoms with Gasteiger partial charge < -0.3 is 9.84 Å². The van der Waals surface area contributed by atoms with Crippen molar-refractivity contribution in [2.75, 3.05) is 7.11 Å². The Morgan fingerprint density at radius 1 is 1.12 bits per heavy atom. The number of aromatic carboxylic acids is 1. The van der Waals surface area contributed by atoms with E-state index in [0.29, 0.717) is 22.4 Å². The molecule has 0 aliphatic heterocycles. The molecule has 2 aliphatic carbocycles. The van der Waals surface area contributed by atoms with Crippen molar-refractivity contribution >= 4 is 28.4 Å². The molecule has 8 nitrogen and oxygen atoms in total. The molecule has 10 heteroatoms. The molecule has 0 radical (unpaired) electrons. The lowest BCUT2D eigenvalue weighted by Gasteiger charge is -2.14. The predicted octanol–water partition coefficient (Wildman–Crippen LogP) is 6.23. The van der Waals surface area contributed by atoms with Crippen molar-refractivity contribution in [1.82, 2.24) is 14.8 Å². The van der Waals surface area contributed by atoms with Gasteiger partial charge in [-0.15, -0.1) is 11.3 Å². The van der Waals surface area contributed by atoms with Crippen LogP contribution in [0, 0.1) is 5.92 Å². The van der Waals surface area contributed by atoms with Gasteiger partial charge in [0.15, 0.2) is 16.8 Å². The van der Waals surface area contributed by atoms with Crippen LogP contribution in [0.2, 0.25) is 0 Å². The van der Waals surface area contributed by atoms with E-state index in [1.165, 1.54) is 44.1 Å². The number of hydrogen-bond donors (Lipinski definition) is 1. The molecule has 4 aromatic rings. The SMILES string of the molecule is COS(=O)c1ccc(Cc2c(-c3cccc(OC4CCCC4)c3)nn(-c3nc(C(=O)O)cs3)c2CC2CC2)cc1. The Balaban J connectivity index is 1.44. The fourth-order valence-electron chi connectivity index (χ4n) is 5.26. The molecule has 2 aromatic carbocycles. The number of aromatic nitrogens is 3. The molecule has 40 heavy (non-hydrogen) atoms. The number of carbonyl (C=O) groups is 1. The fourth-order valence-corrected chi connectivity index (χ4v) is 6.58. The molecule has 0 spiro atoms. The van der Waals surface area contributed by atoms with Crippen LogP contribution in [0.5, 0.6) is 5.75 Å². The minimum absolute atomic E-state index is 0.0182. The van der Waals surface area contributed by atoms with Crippen molar-refractivity contribution in [2.24, 2.45) is 5.92 Å². The molecule has 1 N–H and O–H groups in total. The van der Waals surface area contributed by atoms with Gasteiger partial charge in [-0.2, -0.15) is 5.10 Å². The Labute approximate surface area is 239 Å². The number of rotatable bonds is 11. The van der Waals surface area contributed by atoms with Crippen molar-refractivity contribution in [2.45, 2.75) is 62.4 Å². The van der Waals surface area contributed by atoms with Crippen LogP contribution in [0.15, 0.2) is 58.8 Å². The fraction of sp³-hybridized carbons (Fsp3) is 0.367. The summed E-state index contributed by atoms with van der Waals surface area (Å²) < 4.78 is 25.2. The summed E-state index contributed by atoms with van der Waals surface area (Å²) in [5.74, 6) is 0.357. The van der Waals surface area contributed by atoms with Crippen molar-refractivity contribution < 1.29 is 23.0 Å². The van der Waals surface area contributed by atoms with Gasteiger partial charge in [-0.25, -0.2) is 18.7 Å². The maximum absolute atomic E-state index is 12.1. The van der Waals surface area contributed by atoms with Gasteiger partial charge in [0.1, 0.15) is 5.75 Å². The minimum atomic E-state index is -1.50. The zero-order chi connectivity index (χ0) is 27.6. The summed E-state index contributed by atoms with van der Waals surface area (Å²) in [7, 11) is 1.42. The van der Waals surface area contributed by atoms with E-state index in [4.69, 9.17) is 14.0 Å². The molecule has 2 heterocycles. The zero-order valence-electron chi connectivity index (χ0n) is 22.2. The summed E-state index contributed by atoms with van der Waals surface area (Å²) in [6.07, 6.45) is 8.60.